The molecule has 0 saturated heterocycles. The zero-order valence-corrected chi connectivity index (χ0v) is 13.6. The van der Waals surface area contributed by atoms with Crippen LogP contribution in [-0.2, 0) is 20.9 Å². The summed E-state index contributed by atoms with van der Waals surface area (Å²) < 4.78 is 5.50. The molecule has 1 aromatic rings. The lowest BCUT2D eigenvalue weighted by atomic mass is 9.71. The first-order chi connectivity index (χ1) is 11.0. The van der Waals surface area contributed by atoms with Gasteiger partial charge >= 0.3 is 11.9 Å². The lowest BCUT2D eigenvalue weighted by Gasteiger charge is -2.32. The minimum Gasteiger partial charge on any atom is -0.481 e. The van der Waals surface area contributed by atoms with Gasteiger partial charge in [0.2, 0.25) is 0 Å². The number of esters is 1. The summed E-state index contributed by atoms with van der Waals surface area (Å²) in [6.45, 7) is 5.80. The molecule has 0 amide bonds. The summed E-state index contributed by atoms with van der Waals surface area (Å²) >= 11 is 0. The Hall–Kier alpha value is -2.10. The second-order valence-electron chi connectivity index (χ2n) is 6.48. The first kappa shape index (κ1) is 17.3. The molecule has 1 aromatic carbocycles. The predicted octanol–water partition coefficient (Wildman–Crippen LogP) is 3.96. The molecule has 1 saturated carbocycles. The van der Waals surface area contributed by atoms with Gasteiger partial charge in [-0.05, 0) is 31.7 Å². The average molecular weight is 316 g/mol. The summed E-state index contributed by atoms with van der Waals surface area (Å²) in [5.41, 5.74) is 0.764. The van der Waals surface area contributed by atoms with E-state index < -0.39 is 17.3 Å². The van der Waals surface area contributed by atoms with Crippen molar-refractivity contribution in [2.24, 2.45) is 11.3 Å². The van der Waals surface area contributed by atoms with E-state index in [1.165, 1.54) is 0 Å². The summed E-state index contributed by atoms with van der Waals surface area (Å²) in [5.74, 6) is -2.08. The van der Waals surface area contributed by atoms with Crippen molar-refractivity contribution in [3.05, 3.63) is 48.0 Å². The van der Waals surface area contributed by atoms with E-state index in [-0.39, 0.29) is 12.6 Å². The quantitative estimate of drug-likeness (QED) is 0.611. The number of ether oxygens (including phenoxy) is 1. The Labute approximate surface area is 137 Å². The van der Waals surface area contributed by atoms with Gasteiger partial charge in [-0.15, -0.1) is 6.58 Å². The van der Waals surface area contributed by atoms with Crippen molar-refractivity contribution >= 4 is 11.9 Å². The Morgan fingerprint density at radius 2 is 1.87 bits per heavy atom. The summed E-state index contributed by atoms with van der Waals surface area (Å²) in [6.07, 6.45) is 3.19. The van der Waals surface area contributed by atoms with Crippen molar-refractivity contribution in [1.82, 2.24) is 0 Å². The SMILES string of the molecule is C=C(C)CC(C(=O)O)C1(C(=O)OCc2ccccc2)CCCC1. The molecule has 4 nitrogen and oxygen atoms in total. The van der Waals surface area contributed by atoms with Gasteiger partial charge < -0.3 is 9.84 Å². The fourth-order valence-corrected chi connectivity index (χ4v) is 3.44. The number of carbonyl (C=O) groups excluding carboxylic acids is 1. The smallest absolute Gasteiger partial charge is 0.313 e. The van der Waals surface area contributed by atoms with E-state index in [1.54, 1.807) is 6.92 Å². The van der Waals surface area contributed by atoms with E-state index in [2.05, 4.69) is 6.58 Å². The van der Waals surface area contributed by atoms with Crippen LogP contribution in [-0.4, -0.2) is 17.0 Å². The van der Waals surface area contributed by atoms with Crippen LogP contribution >= 0.6 is 0 Å². The molecule has 23 heavy (non-hydrogen) atoms. The van der Waals surface area contributed by atoms with E-state index in [0.717, 1.165) is 24.0 Å². The first-order valence-corrected chi connectivity index (χ1v) is 8.04. The Kier molecular flexibility index (Phi) is 5.59. The molecular formula is C19H24O4. The summed E-state index contributed by atoms with van der Waals surface area (Å²) in [6, 6.07) is 9.44. The molecule has 4 heteroatoms. The maximum Gasteiger partial charge on any atom is 0.313 e. The molecule has 1 fully saturated rings. The fourth-order valence-electron chi connectivity index (χ4n) is 3.44. The third-order valence-corrected chi connectivity index (χ3v) is 4.63. The van der Waals surface area contributed by atoms with Crippen LogP contribution in [0, 0.1) is 11.3 Å². The van der Waals surface area contributed by atoms with Gasteiger partial charge in [-0.25, -0.2) is 0 Å². The van der Waals surface area contributed by atoms with Crippen molar-refractivity contribution < 1.29 is 19.4 Å². The second kappa shape index (κ2) is 7.44. The minimum absolute atomic E-state index is 0.181. The highest BCUT2D eigenvalue weighted by molar-refractivity contribution is 5.85. The monoisotopic (exact) mass is 316 g/mol. The summed E-state index contributed by atoms with van der Waals surface area (Å²) in [4.78, 5) is 24.5. The van der Waals surface area contributed by atoms with Gasteiger partial charge in [-0.3, -0.25) is 9.59 Å². The van der Waals surface area contributed by atoms with Crippen molar-refractivity contribution in [2.75, 3.05) is 0 Å². The van der Waals surface area contributed by atoms with Gasteiger partial charge in [0, 0.05) is 0 Å². The molecule has 0 spiro atoms. The number of allylic oxidation sites excluding steroid dienone is 1. The van der Waals surface area contributed by atoms with Crippen molar-refractivity contribution in [1.29, 1.82) is 0 Å². The highest BCUT2D eigenvalue weighted by Gasteiger charge is 2.51. The van der Waals surface area contributed by atoms with Crippen molar-refractivity contribution in [2.45, 2.75) is 45.6 Å². The standard InChI is InChI=1S/C19H24O4/c1-14(2)12-16(17(20)21)19(10-6-7-11-19)18(22)23-13-15-8-4-3-5-9-15/h3-5,8-9,16H,1,6-7,10-13H2,2H3,(H,20,21). The number of carboxylic acid groups (broad SMARTS) is 1. The van der Waals surface area contributed by atoms with E-state index in [0.29, 0.717) is 19.3 Å². The van der Waals surface area contributed by atoms with Gasteiger partial charge in [-0.1, -0.05) is 48.7 Å². The fraction of sp³-hybridized carbons (Fsp3) is 0.474. The Morgan fingerprint density at radius 3 is 2.39 bits per heavy atom. The zero-order valence-electron chi connectivity index (χ0n) is 13.6. The van der Waals surface area contributed by atoms with Crippen molar-refractivity contribution in [3.63, 3.8) is 0 Å². The molecule has 0 aliphatic heterocycles. The minimum atomic E-state index is -0.938. The molecule has 1 N–H and O–H groups in total. The van der Waals surface area contributed by atoms with Gasteiger partial charge in [0.25, 0.3) is 0 Å². The van der Waals surface area contributed by atoms with Crippen LogP contribution in [0.4, 0.5) is 0 Å². The van der Waals surface area contributed by atoms with Gasteiger partial charge in [-0.2, -0.15) is 0 Å². The van der Waals surface area contributed by atoms with Crippen LogP contribution in [0.5, 0.6) is 0 Å². The normalized spacial score (nSPS) is 17.4. The van der Waals surface area contributed by atoms with Crippen molar-refractivity contribution in [3.8, 4) is 0 Å². The first-order valence-electron chi connectivity index (χ1n) is 8.04. The number of benzene rings is 1. The molecule has 1 unspecified atom stereocenters. The van der Waals surface area contributed by atoms with Crippen LogP contribution in [0.2, 0.25) is 0 Å². The number of aliphatic carboxylic acids is 1. The molecule has 1 aliphatic carbocycles. The number of carboxylic acids is 1. The van der Waals surface area contributed by atoms with Crippen LogP contribution < -0.4 is 0 Å². The summed E-state index contributed by atoms with van der Waals surface area (Å²) in [7, 11) is 0. The highest BCUT2D eigenvalue weighted by Crippen LogP contribution is 2.47. The van der Waals surface area contributed by atoms with E-state index >= 15 is 0 Å². The third-order valence-electron chi connectivity index (χ3n) is 4.63. The predicted molar refractivity (Wildman–Crippen MR) is 87.7 cm³/mol. The van der Waals surface area contributed by atoms with Gasteiger partial charge in [0.1, 0.15) is 6.61 Å². The maximum atomic E-state index is 12.8. The zero-order chi connectivity index (χ0) is 16.9. The van der Waals surface area contributed by atoms with Crippen LogP contribution in [0.15, 0.2) is 42.5 Å². The van der Waals surface area contributed by atoms with Crippen LogP contribution in [0.25, 0.3) is 0 Å². The number of hydrogen-bond donors (Lipinski definition) is 1. The molecule has 0 heterocycles. The largest absolute Gasteiger partial charge is 0.481 e. The number of carbonyl (C=O) groups is 2. The Bertz CT molecular complexity index is 570. The van der Waals surface area contributed by atoms with Crippen LogP contribution in [0.3, 0.4) is 0 Å². The molecule has 0 aromatic heterocycles. The topological polar surface area (TPSA) is 63.6 Å². The second-order valence-corrected chi connectivity index (χ2v) is 6.48. The number of rotatable bonds is 7. The molecule has 1 atom stereocenters. The molecule has 0 bridgehead atoms. The number of hydrogen-bond acceptors (Lipinski definition) is 3. The highest BCUT2D eigenvalue weighted by atomic mass is 16.5. The molecule has 124 valence electrons. The van der Waals surface area contributed by atoms with E-state index in [4.69, 9.17) is 4.74 Å². The maximum absolute atomic E-state index is 12.8. The van der Waals surface area contributed by atoms with Gasteiger partial charge in [0.05, 0.1) is 11.3 Å². The molecule has 0 radical (unpaired) electrons. The molecule has 1 aliphatic rings. The molecular weight excluding hydrogens is 292 g/mol. The average Bonchev–Trinajstić information content (AvgIpc) is 3.01. The lowest BCUT2D eigenvalue weighted by Crippen LogP contribution is -2.42. The Balaban J connectivity index is 2.16. The van der Waals surface area contributed by atoms with Crippen LogP contribution in [0.1, 0.15) is 44.6 Å². The van der Waals surface area contributed by atoms with Gasteiger partial charge in [0.15, 0.2) is 0 Å². The lowest BCUT2D eigenvalue weighted by molar-refractivity contribution is -0.168. The Morgan fingerprint density at radius 1 is 1.26 bits per heavy atom. The molecule has 2 rings (SSSR count). The third kappa shape index (κ3) is 4.01. The van der Waals surface area contributed by atoms with E-state index in [9.17, 15) is 14.7 Å². The van der Waals surface area contributed by atoms with E-state index in [1.807, 2.05) is 30.3 Å². The summed E-state index contributed by atoms with van der Waals surface area (Å²) in [5, 5.41) is 9.63.